The van der Waals surface area contributed by atoms with Crippen LogP contribution in [0.3, 0.4) is 0 Å². The van der Waals surface area contributed by atoms with Gasteiger partial charge in [0.25, 0.3) is 0 Å². The SMILES string of the molecule is CCOc1ccccc1OCCN[C@H](C)Cc1ccc(C=O)c(S(N)(=O)=O)c1. The number of nitrogens with one attached hydrogen (secondary N) is 1. The monoisotopic (exact) mass is 406 g/mol. The smallest absolute Gasteiger partial charge is 0.238 e. The fraction of sp³-hybridized carbons (Fsp3) is 0.350. The third-order valence-electron chi connectivity index (χ3n) is 4.05. The summed E-state index contributed by atoms with van der Waals surface area (Å²) < 4.78 is 34.6. The zero-order valence-electron chi connectivity index (χ0n) is 16.1. The third kappa shape index (κ3) is 6.33. The number of benzene rings is 2. The minimum Gasteiger partial charge on any atom is -0.490 e. The molecule has 2 aromatic rings. The Bertz CT molecular complexity index is 899. The van der Waals surface area contributed by atoms with Crippen molar-refractivity contribution in [3.63, 3.8) is 0 Å². The van der Waals surface area contributed by atoms with E-state index in [0.29, 0.717) is 44.0 Å². The van der Waals surface area contributed by atoms with Crippen molar-refractivity contribution in [3.8, 4) is 11.5 Å². The molecule has 0 saturated carbocycles. The Hall–Kier alpha value is -2.42. The first-order chi connectivity index (χ1) is 13.3. The van der Waals surface area contributed by atoms with Crippen molar-refractivity contribution in [2.45, 2.75) is 31.2 Å². The maximum absolute atomic E-state index is 11.6. The first kappa shape index (κ1) is 21.9. The lowest BCUT2D eigenvalue weighted by Crippen LogP contribution is -2.32. The quantitative estimate of drug-likeness (QED) is 0.437. The maximum Gasteiger partial charge on any atom is 0.238 e. The van der Waals surface area contributed by atoms with Crippen molar-refractivity contribution in [2.75, 3.05) is 19.8 Å². The molecule has 0 radical (unpaired) electrons. The van der Waals surface area contributed by atoms with Gasteiger partial charge in [0.2, 0.25) is 10.0 Å². The zero-order chi connectivity index (χ0) is 20.6. The Balaban J connectivity index is 1.88. The minimum absolute atomic E-state index is 0.0632. The zero-order valence-corrected chi connectivity index (χ0v) is 16.9. The van der Waals surface area contributed by atoms with Crippen LogP contribution in [0.5, 0.6) is 11.5 Å². The predicted molar refractivity (Wildman–Crippen MR) is 107 cm³/mol. The molecule has 2 aromatic carbocycles. The van der Waals surface area contributed by atoms with Crippen molar-refractivity contribution in [2.24, 2.45) is 5.14 Å². The molecule has 8 heteroatoms. The number of nitrogens with two attached hydrogens (primary N) is 1. The molecule has 1 atom stereocenters. The van der Waals surface area contributed by atoms with E-state index < -0.39 is 10.0 Å². The Morgan fingerprint density at radius 2 is 1.82 bits per heavy atom. The average Bonchev–Trinajstić information content (AvgIpc) is 2.66. The van der Waals surface area contributed by atoms with Gasteiger partial charge in [0.1, 0.15) is 6.61 Å². The van der Waals surface area contributed by atoms with Gasteiger partial charge in [0.05, 0.1) is 11.5 Å². The molecule has 0 bridgehead atoms. The van der Waals surface area contributed by atoms with Crippen molar-refractivity contribution < 1.29 is 22.7 Å². The molecule has 0 aliphatic rings. The Morgan fingerprint density at radius 3 is 2.43 bits per heavy atom. The van der Waals surface area contributed by atoms with Gasteiger partial charge in [0, 0.05) is 18.2 Å². The molecule has 0 aliphatic heterocycles. The molecule has 0 fully saturated rings. The Labute approximate surface area is 165 Å². The first-order valence-corrected chi connectivity index (χ1v) is 10.6. The number of aldehydes is 1. The summed E-state index contributed by atoms with van der Waals surface area (Å²) in [6.45, 7) is 5.54. The number of carbonyl (C=O) groups is 1. The lowest BCUT2D eigenvalue weighted by Gasteiger charge is -2.16. The van der Waals surface area contributed by atoms with Gasteiger partial charge < -0.3 is 14.8 Å². The number of hydrogen-bond acceptors (Lipinski definition) is 6. The summed E-state index contributed by atoms with van der Waals surface area (Å²) in [5.41, 5.74) is 0.838. The summed E-state index contributed by atoms with van der Waals surface area (Å²) in [6.07, 6.45) is 1.07. The summed E-state index contributed by atoms with van der Waals surface area (Å²) in [4.78, 5) is 10.9. The molecule has 0 saturated heterocycles. The van der Waals surface area contributed by atoms with E-state index in [0.717, 1.165) is 5.56 Å². The van der Waals surface area contributed by atoms with Gasteiger partial charge in [0.15, 0.2) is 17.8 Å². The summed E-state index contributed by atoms with van der Waals surface area (Å²) in [5, 5.41) is 8.51. The van der Waals surface area contributed by atoms with Crippen LogP contribution in [0.25, 0.3) is 0 Å². The molecule has 0 spiro atoms. The fourth-order valence-electron chi connectivity index (χ4n) is 2.79. The van der Waals surface area contributed by atoms with Crippen LogP contribution in [0.2, 0.25) is 0 Å². The van der Waals surface area contributed by atoms with Crippen molar-refractivity contribution in [1.82, 2.24) is 5.32 Å². The topological polar surface area (TPSA) is 108 Å². The number of carbonyl (C=O) groups excluding carboxylic acids is 1. The molecule has 3 N–H and O–H groups in total. The van der Waals surface area contributed by atoms with E-state index in [4.69, 9.17) is 14.6 Å². The molecule has 0 heterocycles. The summed E-state index contributed by atoms with van der Waals surface area (Å²) in [6, 6.07) is 12.2. The largest absolute Gasteiger partial charge is 0.490 e. The number of primary sulfonamides is 1. The number of rotatable bonds is 11. The van der Waals surface area contributed by atoms with E-state index in [1.165, 1.54) is 12.1 Å². The normalized spacial score (nSPS) is 12.4. The number of hydrogen-bond donors (Lipinski definition) is 2. The molecule has 0 unspecified atom stereocenters. The van der Waals surface area contributed by atoms with Gasteiger partial charge >= 0.3 is 0 Å². The summed E-state index contributed by atoms with van der Waals surface area (Å²) in [5.74, 6) is 1.41. The lowest BCUT2D eigenvalue weighted by molar-refractivity contribution is 0.112. The Kier molecular flexibility index (Phi) is 7.98. The van der Waals surface area contributed by atoms with Crippen LogP contribution >= 0.6 is 0 Å². The standard InChI is InChI=1S/C20H26N2O5S/c1-3-26-18-6-4-5-7-19(18)27-11-10-22-15(2)12-16-8-9-17(14-23)20(13-16)28(21,24)25/h4-9,13-15,22H,3,10-12H2,1-2H3,(H2,21,24,25)/t15-/m1/s1. The van der Waals surface area contributed by atoms with E-state index >= 15 is 0 Å². The van der Waals surface area contributed by atoms with Crippen LogP contribution in [0.1, 0.15) is 29.8 Å². The second-order valence-electron chi connectivity index (χ2n) is 6.32. The molecule has 7 nitrogen and oxygen atoms in total. The molecule has 2 rings (SSSR count). The lowest BCUT2D eigenvalue weighted by atomic mass is 10.1. The molecule has 0 amide bonds. The van der Waals surface area contributed by atoms with Gasteiger partial charge in [-0.3, -0.25) is 4.79 Å². The van der Waals surface area contributed by atoms with Gasteiger partial charge in [-0.1, -0.05) is 24.3 Å². The highest BCUT2D eigenvalue weighted by Crippen LogP contribution is 2.26. The maximum atomic E-state index is 11.6. The fourth-order valence-corrected chi connectivity index (χ4v) is 3.55. The van der Waals surface area contributed by atoms with Crippen LogP contribution in [0.4, 0.5) is 0 Å². The van der Waals surface area contributed by atoms with E-state index in [1.807, 2.05) is 38.1 Å². The highest BCUT2D eigenvalue weighted by Gasteiger charge is 2.15. The van der Waals surface area contributed by atoms with Crippen LogP contribution in [-0.2, 0) is 16.4 Å². The Morgan fingerprint density at radius 1 is 1.14 bits per heavy atom. The molecule has 152 valence electrons. The van der Waals surface area contributed by atoms with E-state index in [1.54, 1.807) is 6.07 Å². The summed E-state index contributed by atoms with van der Waals surface area (Å²) >= 11 is 0. The van der Waals surface area contributed by atoms with Crippen LogP contribution in [-0.4, -0.2) is 40.5 Å². The molecular formula is C20H26N2O5S. The van der Waals surface area contributed by atoms with Gasteiger partial charge in [-0.2, -0.15) is 0 Å². The average molecular weight is 407 g/mol. The van der Waals surface area contributed by atoms with Crippen molar-refractivity contribution in [1.29, 1.82) is 0 Å². The van der Waals surface area contributed by atoms with E-state index in [9.17, 15) is 13.2 Å². The van der Waals surface area contributed by atoms with Crippen molar-refractivity contribution >= 4 is 16.3 Å². The van der Waals surface area contributed by atoms with Crippen LogP contribution in [0.15, 0.2) is 47.4 Å². The third-order valence-corrected chi connectivity index (χ3v) is 5.02. The first-order valence-electron chi connectivity index (χ1n) is 9.04. The molecule has 0 aromatic heterocycles. The van der Waals surface area contributed by atoms with Gasteiger partial charge in [-0.05, 0) is 44.0 Å². The molecule has 0 aliphatic carbocycles. The van der Waals surface area contributed by atoms with Gasteiger partial charge in [-0.15, -0.1) is 0 Å². The predicted octanol–water partition coefficient (Wildman–Crippen LogP) is 2.14. The number of ether oxygens (including phenoxy) is 2. The number of sulfonamides is 1. The summed E-state index contributed by atoms with van der Waals surface area (Å²) in [7, 11) is -3.95. The van der Waals surface area contributed by atoms with E-state index in [-0.39, 0.29) is 16.5 Å². The van der Waals surface area contributed by atoms with Crippen LogP contribution in [0, 0.1) is 0 Å². The highest BCUT2D eigenvalue weighted by molar-refractivity contribution is 7.89. The second-order valence-corrected chi connectivity index (χ2v) is 7.85. The van der Waals surface area contributed by atoms with Gasteiger partial charge in [-0.25, -0.2) is 13.6 Å². The highest BCUT2D eigenvalue weighted by atomic mass is 32.2. The van der Waals surface area contributed by atoms with Crippen molar-refractivity contribution in [3.05, 3.63) is 53.6 Å². The second kappa shape index (κ2) is 10.2. The molecule has 28 heavy (non-hydrogen) atoms. The minimum atomic E-state index is -3.95. The van der Waals surface area contributed by atoms with Crippen LogP contribution < -0.4 is 19.9 Å². The molecular weight excluding hydrogens is 380 g/mol. The van der Waals surface area contributed by atoms with E-state index in [2.05, 4.69) is 5.32 Å². The number of para-hydroxylation sites is 2.